The number of likely N-dealkylation sites (N-methyl/N-ethyl adjacent to an activating group) is 1. The lowest BCUT2D eigenvalue weighted by molar-refractivity contribution is -0.122. The maximum absolute atomic E-state index is 12.5. The highest BCUT2D eigenvalue weighted by atomic mass is 35.5. The third kappa shape index (κ3) is 5.92. The molecule has 0 radical (unpaired) electrons. The molecule has 30 heavy (non-hydrogen) atoms. The van der Waals surface area contributed by atoms with Gasteiger partial charge >= 0.3 is 0 Å². The Balaban J connectivity index is 2.11. The van der Waals surface area contributed by atoms with Crippen molar-refractivity contribution in [2.24, 2.45) is 0 Å². The van der Waals surface area contributed by atoms with Crippen molar-refractivity contribution in [2.75, 3.05) is 32.6 Å². The Bertz CT molecular complexity index is 1010. The van der Waals surface area contributed by atoms with Crippen molar-refractivity contribution in [3.05, 3.63) is 53.1 Å². The summed E-state index contributed by atoms with van der Waals surface area (Å²) in [6.45, 7) is 2.21. The van der Waals surface area contributed by atoms with Gasteiger partial charge in [0.1, 0.15) is 10.6 Å². The third-order valence-corrected chi connectivity index (χ3v) is 6.08. The van der Waals surface area contributed by atoms with E-state index in [1.807, 2.05) is 6.92 Å². The maximum atomic E-state index is 12.5. The summed E-state index contributed by atoms with van der Waals surface area (Å²) in [5.74, 6) is -0.302. The quantitative estimate of drug-likeness (QED) is 0.561. The average molecular weight is 456 g/mol. The first-order chi connectivity index (χ1) is 14.2. The lowest BCUT2D eigenvalue weighted by Crippen LogP contribution is -2.28. The lowest BCUT2D eigenvalue weighted by Gasteiger charge is -2.16. The number of anilines is 1. The molecule has 2 amide bonds. The molecule has 0 atom stereocenters. The number of amides is 2. The first kappa shape index (κ1) is 23.6. The van der Waals surface area contributed by atoms with Crippen molar-refractivity contribution < 1.29 is 27.6 Å². The smallest absolute Gasteiger partial charge is 0.266 e. The SMILES string of the molecule is CCNC(=O)COc1ccc(NC(=O)c2ccc(Cl)c(S(=O)(=O)N(C)OC)c2)cc1. The van der Waals surface area contributed by atoms with Crippen LogP contribution >= 0.6 is 11.6 Å². The first-order valence-corrected chi connectivity index (χ1v) is 10.6. The Morgan fingerprint density at radius 3 is 2.40 bits per heavy atom. The van der Waals surface area contributed by atoms with E-state index in [4.69, 9.17) is 21.2 Å². The lowest BCUT2D eigenvalue weighted by atomic mass is 10.2. The number of hydrogen-bond acceptors (Lipinski definition) is 6. The molecule has 0 aromatic heterocycles. The molecule has 0 aliphatic heterocycles. The van der Waals surface area contributed by atoms with Gasteiger partial charge in [0.25, 0.3) is 21.8 Å². The summed E-state index contributed by atoms with van der Waals surface area (Å²) < 4.78 is 30.9. The van der Waals surface area contributed by atoms with E-state index in [-0.39, 0.29) is 28.0 Å². The highest BCUT2D eigenvalue weighted by molar-refractivity contribution is 7.89. The zero-order valence-corrected chi connectivity index (χ0v) is 18.2. The number of carbonyl (C=O) groups excluding carboxylic acids is 2. The summed E-state index contributed by atoms with van der Waals surface area (Å²) in [4.78, 5) is 28.4. The topological polar surface area (TPSA) is 114 Å². The Labute approximate surface area is 179 Å². The fourth-order valence-electron chi connectivity index (χ4n) is 2.31. The molecule has 2 aromatic rings. The van der Waals surface area contributed by atoms with E-state index < -0.39 is 15.9 Å². The summed E-state index contributed by atoms with van der Waals surface area (Å²) in [5, 5.41) is 5.23. The summed E-state index contributed by atoms with van der Waals surface area (Å²) in [7, 11) is -1.61. The van der Waals surface area contributed by atoms with Crippen LogP contribution in [0.4, 0.5) is 5.69 Å². The number of rotatable bonds is 9. The first-order valence-electron chi connectivity index (χ1n) is 8.82. The zero-order chi connectivity index (χ0) is 22.3. The molecule has 2 rings (SSSR count). The number of ether oxygens (including phenoxy) is 1. The van der Waals surface area contributed by atoms with E-state index in [9.17, 15) is 18.0 Å². The van der Waals surface area contributed by atoms with Crippen LogP contribution in [0.3, 0.4) is 0 Å². The van der Waals surface area contributed by atoms with Crippen molar-refractivity contribution in [3.63, 3.8) is 0 Å². The van der Waals surface area contributed by atoms with Crippen LogP contribution in [0.1, 0.15) is 17.3 Å². The van der Waals surface area contributed by atoms with E-state index in [0.717, 1.165) is 0 Å². The zero-order valence-electron chi connectivity index (χ0n) is 16.6. The molecule has 0 saturated heterocycles. The molecule has 162 valence electrons. The number of benzene rings is 2. The average Bonchev–Trinajstić information content (AvgIpc) is 2.72. The van der Waals surface area contributed by atoms with E-state index in [0.29, 0.717) is 22.5 Å². The van der Waals surface area contributed by atoms with Gasteiger partial charge in [0.15, 0.2) is 6.61 Å². The van der Waals surface area contributed by atoms with Gasteiger partial charge in [-0.3, -0.25) is 14.4 Å². The fraction of sp³-hybridized carbons (Fsp3) is 0.263. The monoisotopic (exact) mass is 455 g/mol. The van der Waals surface area contributed by atoms with E-state index in [1.54, 1.807) is 24.3 Å². The molecule has 0 fully saturated rings. The van der Waals surface area contributed by atoms with Crippen molar-refractivity contribution in [2.45, 2.75) is 11.8 Å². The van der Waals surface area contributed by atoms with E-state index in [1.165, 1.54) is 32.4 Å². The minimum Gasteiger partial charge on any atom is -0.484 e. The second-order valence-corrected chi connectivity index (χ2v) is 8.27. The molecule has 0 aliphatic rings. The highest BCUT2D eigenvalue weighted by Crippen LogP contribution is 2.26. The van der Waals surface area contributed by atoms with Crippen molar-refractivity contribution in [1.82, 2.24) is 9.79 Å². The molecule has 2 N–H and O–H groups in total. The van der Waals surface area contributed by atoms with Gasteiger partial charge < -0.3 is 15.4 Å². The van der Waals surface area contributed by atoms with E-state index >= 15 is 0 Å². The Kier molecular flexibility index (Phi) is 8.18. The molecule has 0 saturated carbocycles. The molecule has 0 aliphatic carbocycles. The molecular weight excluding hydrogens is 434 g/mol. The highest BCUT2D eigenvalue weighted by Gasteiger charge is 2.25. The molecule has 2 aromatic carbocycles. The number of carbonyl (C=O) groups is 2. The van der Waals surface area contributed by atoms with Crippen LogP contribution in [0.5, 0.6) is 5.75 Å². The van der Waals surface area contributed by atoms with Crippen LogP contribution in [0, 0.1) is 0 Å². The standard InChI is InChI=1S/C19H22ClN3O6S/c1-4-21-18(24)12-29-15-8-6-14(7-9-15)22-19(25)13-5-10-16(20)17(11-13)30(26,27)23(2)28-3/h5-11H,4,12H2,1-3H3,(H,21,24)(H,22,25). The predicted octanol–water partition coefficient (Wildman–Crippen LogP) is 2.29. The van der Waals surface area contributed by atoms with Gasteiger partial charge in [0.05, 0.1) is 12.1 Å². The van der Waals surface area contributed by atoms with Crippen molar-refractivity contribution in [3.8, 4) is 5.75 Å². The van der Waals surface area contributed by atoms with Crippen LogP contribution in [-0.4, -0.2) is 52.0 Å². The molecule has 0 spiro atoms. The summed E-state index contributed by atoms with van der Waals surface area (Å²) in [6.07, 6.45) is 0. The molecule has 0 heterocycles. The Hall–Kier alpha value is -2.66. The number of hydrogen-bond donors (Lipinski definition) is 2. The molecule has 0 bridgehead atoms. The summed E-state index contributed by atoms with van der Waals surface area (Å²) >= 11 is 6.00. The minimum absolute atomic E-state index is 0.0379. The Morgan fingerprint density at radius 2 is 1.80 bits per heavy atom. The molecule has 9 nitrogen and oxygen atoms in total. The van der Waals surface area contributed by atoms with Crippen LogP contribution in [0.25, 0.3) is 0 Å². The van der Waals surface area contributed by atoms with Crippen molar-refractivity contribution in [1.29, 1.82) is 0 Å². The number of halogens is 1. The maximum Gasteiger partial charge on any atom is 0.266 e. The van der Waals surface area contributed by atoms with Gasteiger partial charge in [-0.05, 0) is 49.4 Å². The number of nitrogens with one attached hydrogen (secondary N) is 2. The van der Waals surface area contributed by atoms with Crippen LogP contribution in [-0.2, 0) is 19.7 Å². The summed E-state index contributed by atoms with van der Waals surface area (Å²) in [6, 6.07) is 10.3. The summed E-state index contributed by atoms with van der Waals surface area (Å²) in [5.41, 5.74) is 0.553. The number of hydroxylamine groups is 1. The number of nitrogens with zero attached hydrogens (tertiary/aromatic N) is 1. The molecular formula is C19H22ClN3O6S. The van der Waals surface area contributed by atoms with Gasteiger partial charge in [-0.2, -0.15) is 0 Å². The van der Waals surface area contributed by atoms with Crippen LogP contribution in [0.2, 0.25) is 5.02 Å². The second kappa shape index (κ2) is 10.4. The number of sulfonamides is 1. The van der Waals surface area contributed by atoms with Gasteiger partial charge in [-0.15, -0.1) is 0 Å². The van der Waals surface area contributed by atoms with Gasteiger partial charge in [0, 0.05) is 24.8 Å². The normalized spacial score (nSPS) is 11.2. The van der Waals surface area contributed by atoms with Gasteiger partial charge in [0.2, 0.25) is 0 Å². The molecule has 11 heteroatoms. The van der Waals surface area contributed by atoms with Crippen LogP contribution < -0.4 is 15.4 Å². The van der Waals surface area contributed by atoms with Gasteiger partial charge in [-0.1, -0.05) is 16.1 Å². The van der Waals surface area contributed by atoms with Crippen LogP contribution in [0.15, 0.2) is 47.4 Å². The van der Waals surface area contributed by atoms with Crippen molar-refractivity contribution >= 4 is 39.1 Å². The Morgan fingerprint density at radius 1 is 1.13 bits per heavy atom. The second-order valence-electron chi connectivity index (χ2n) is 5.96. The fourth-order valence-corrected chi connectivity index (χ4v) is 3.79. The van der Waals surface area contributed by atoms with E-state index in [2.05, 4.69) is 10.6 Å². The predicted molar refractivity (Wildman–Crippen MR) is 112 cm³/mol. The minimum atomic E-state index is -4.02. The molecule has 0 unspecified atom stereocenters. The largest absolute Gasteiger partial charge is 0.484 e. The third-order valence-electron chi connectivity index (χ3n) is 3.92. The van der Waals surface area contributed by atoms with Gasteiger partial charge in [-0.25, -0.2) is 8.42 Å².